The quantitative estimate of drug-likeness (QED) is 0.569. The maximum absolute atomic E-state index is 13.7. The number of esters is 1. The van der Waals surface area contributed by atoms with Crippen LogP contribution in [0.3, 0.4) is 0 Å². The van der Waals surface area contributed by atoms with Gasteiger partial charge in [-0.05, 0) is 31.7 Å². The average Bonchev–Trinajstić information content (AvgIpc) is 3.27. The first kappa shape index (κ1) is 25.5. The molecule has 1 fully saturated rings. The molecule has 0 spiro atoms. The molecule has 1 aromatic carbocycles. The number of rotatable bonds is 6. The van der Waals surface area contributed by atoms with Gasteiger partial charge in [0, 0.05) is 50.8 Å². The number of carbonyl (C=O) groups is 3. The second-order valence-corrected chi connectivity index (χ2v) is 9.32. The van der Waals surface area contributed by atoms with E-state index < -0.39 is 12.0 Å². The highest BCUT2D eigenvalue weighted by molar-refractivity contribution is 6.00. The third kappa shape index (κ3) is 5.15. The van der Waals surface area contributed by atoms with Crippen LogP contribution in [-0.2, 0) is 33.7 Å². The molecule has 4 rings (SSSR count). The molecule has 0 N–H and O–H groups in total. The Morgan fingerprint density at radius 1 is 1.03 bits per heavy atom. The Morgan fingerprint density at radius 3 is 2.47 bits per heavy atom. The topological polar surface area (TPSA) is 98.2 Å². The minimum atomic E-state index is -0.662. The van der Waals surface area contributed by atoms with Gasteiger partial charge in [-0.1, -0.05) is 29.8 Å². The van der Waals surface area contributed by atoms with Crippen LogP contribution in [0.2, 0.25) is 0 Å². The lowest BCUT2D eigenvalue weighted by Crippen LogP contribution is -2.42. The van der Waals surface area contributed by atoms with Crippen molar-refractivity contribution in [2.24, 2.45) is 0 Å². The Bertz CT molecular complexity index is 1200. The van der Waals surface area contributed by atoms with Crippen molar-refractivity contribution >= 4 is 17.8 Å². The van der Waals surface area contributed by atoms with Gasteiger partial charge in [0.1, 0.15) is 17.4 Å². The highest BCUT2D eigenvalue weighted by Crippen LogP contribution is 2.28. The second kappa shape index (κ2) is 11.0. The molecule has 192 valence electrons. The monoisotopic (exact) mass is 495 g/mol. The van der Waals surface area contributed by atoms with E-state index in [-0.39, 0.29) is 35.2 Å². The minimum absolute atomic E-state index is 0.0153. The van der Waals surface area contributed by atoms with E-state index in [2.05, 4.69) is 0 Å². The highest BCUT2D eigenvalue weighted by atomic mass is 16.5. The summed E-state index contributed by atoms with van der Waals surface area (Å²) in [5, 5.41) is 0. The molecular formula is C27H33N3O6. The van der Waals surface area contributed by atoms with E-state index in [1.807, 2.05) is 31.2 Å². The highest BCUT2D eigenvalue weighted by Gasteiger charge is 2.38. The molecule has 3 heterocycles. The van der Waals surface area contributed by atoms with Gasteiger partial charge in [0.15, 0.2) is 0 Å². The molecule has 0 unspecified atom stereocenters. The summed E-state index contributed by atoms with van der Waals surface area (Å²) in [6, 6.07) is 8.78. The predicted octanol–water partition coefficient (Wildman–Crippen LogP) is 1.96. The van der Waals surface area contributed by atoms with Crippen LogP contribution in [0.25, 0.3) is 0 Å². The number of methoxy groups -OCH3 is 2. The number of nitrogens with zero attached hydrogens (tertiary/aromatic N) is 3. The number of aromatic nitrogens is 1. The maximum atomic E-state index is 13.7. The zero-order chi connectivity index (χ0) is 25.8. The molecule has 2 aliphatic heterocycles. The first-order valence-electron chi connectivity index (χ1n) is 12.4. The van der Waals surface area contributed by atoms with Crippen molar-refractivity contribution in [3.8, 4) is 5.75 Å². The van der Waals surface area contributed by atoms with Gasteiger partial charge < -0.3 is 23.8 Å². The van der Waals surface area contributed by atoms with Gasteiger partial charge in [-0.2, -0.15) is 0 Å². The Kier molecular flexibility index (Phi) is 7.76. The van der Waals surface area contributed by atoms with Crippen molar-refractivity contribution in [3.05, 3.63) is 63.1 Å². The molecule has 9 heteroatoms. The smallest absolute Gasteiger partial charge is 0.328 e. The summed E-state index contributed by atoms with van der Waals surface area (Å²) in [7, 11) is 2.73. The van der Waals surface area contributed by atoms with Gasteiger partial charge in [0.2, 0.25) is 5.91 Å². The van der Waals surface area contributed by atoms with Crippen LogP contribution in [0, 0.1) is 6.92 Å². The van der Waals surface area contributed by atoms with Crippen LogP contribution in [0.1, 0.15) is 46.4 Å². The van der Waals surface area contributed by atoms with Crippen molar-refractivity contribution in [1.82, 2.24) is 14.4 Å². The van der Waals surface area contributed by atoms with Crippen molar-refractivity contribution in [3.63, 3.8) is 0 Å². The maximum Gasteiger partial charge on any atom is 0.328 e. The van der Waals surface area contributed by atoms with Crippen molar-refractivity contribution in [1.29, 1.82) is 0 Å². The Morgan fingerprint density at radius 2 is 1.78 bits per heavy atom. The lowest BCUT2D eigenvalue weighted by atomic mass is 10.1. The lowest BCUT2D eigenvalue weighted by molar-refractivity contribution is -0.145. The first-order chi connectivity index (χ1) is 17.3. The van der Waals surface area contributed by atoms with E-state index in [0.717, 1.165) is 5.56 Å². The standard InChI is InChI=1S/C27H33N3O6/c1-18-6-8-19(9-7-18)10-11-23(31)28-14-12-20-25(22(35-2)17-24(32)29(20)16-15-28)26(33)30-13-4-5-21(30)27(34)36-3/h6-9,17,21H,4-5,10-16H2,1-3H3/t21-/m0/s1. The number of ether oxygens (including phenoxy) is 2. The molecule has 36 heavy (non-hydrogen) atoms. The lowest BCUT2D eigenvalue weighted by Gasteiger charge is -2.25. The van der Waals surface area contributed by atoms with Gasteiger partial charge in [-0.3, -0.25) is 14.4 Å². The molecule has 1 aromatic heterocycles. The SMILES string of the molecule is COC(=O)[C@@H]1CCCN1C(=O)c1c(OC)cc(=O)n2c1CCN(C(=O)CCc1ccc(C)cc1)CC2. The van der Waals surface area contributed by atoms with E-state index in [1.165, 1.54) is 30.7 Å². The van der Waals surface area contributed by atoms with Gasteiger partial charge in [0.05, 0.1) is 14.2 Å². The summed E-state index contributed by atoms with van der Waals surface area (Å²) in [5.74, 6) is -0.612. The van der Waals surface area contributed by atoms with Crippen LogP contribution in [-0.4, -0.2) is 72.0 Å². The zero-order valence-corrected chi connectivity index (χ0v) is 21.1. The number of carbonyl (C=O) groups excluding carboxylic acids is 3. The zero-order valence-electron chi connectivity index (χ0n) is 21.1. The number of amides is 2. The van der Waals surface area contributed by atoms with Crippen LogP contribution in [0.15, 0.2) is 35.1 Å². The van der Waals surface area contributed by atoms with Gasteiger partial charge in [0.25, 0.3) is 11.5 Å². The summed E-state index contributed by atoms with van der Waals surface area (Å²) in [5.41, 5.74) is 2.81. The largest absolute Gasteiger partial charge is 0.496 e. The molecule has 0 bridgehead atoms. The fourth-order valence-corrected chi connectivity index (χ4v) is 5.09. The molecule has 1 atom stereocenters. The van der Waals surface area contributed by atoms with E-state index in [9.17, 15) is 19.2 Å². The minimum Gasteiger partial charge on any atom is -0.496 e. The Hall–Kier alpha value is -3.62. The van der Waals surface area contributed by atoms with E-state index in [4.69, 9.17) is 9.47 Å². The Labute approximate surface area is 210 Å². The van der Waals surface area contributed by atoms with Gasteiger partial charge >= 0.3 is 5.97 Å². The predicted molar refractivity (Wildman–Crippen MR) is 133 cm³/mol. The van der Waals surface area contributed by atoms with Crippen LogP contribution in [0.4, 0.5) is 0 Å². The molecular weight excluding hydrogens is 462 g/mol. The number of aryl methyl sites for hydroxylation is 2. The molecule has 2 aromatic rings. The van der Waals surface area contributed by atoms with Crippen molar-refractivity contribution < 1.29 is 23.9 Å². The number of likely N-dealkylation sites (tertiary alicyclic amines) is 1. The molecule has 2 amide bonds. The molecule has 1 saturated heterocycles. The van der Waals surface area contributed by atoms with Crippen LogP contribution < -0.4 is 10.3 Å². The fourth-order valence-electron chi connectivity index (χ4n) is 5.09. The van der Waals surface area contributed by atoms with E-state index >= 15 is 0 Å². The van der Waals surface area contributed by atoms with Crippen molar-refractivity contribution in [2.75, 3.05) is 33.9 Å². The number of hydrogen-bond acceptors (Lipinski definition) is 6. The van der Waals surface area contributed by atoms with Crippen LogP contribution in [0.5, 0.6) is 5.75 Å². The molecule has 0 radical (unpaired) electrons. The van der Waals surface area contributed by atoms with E-state index in [1.54, 1.807) is 9.47 Å². The number of hydrogen-bond donors (Lipinski definition) is 0. The normalized spacial score (nSPS) is 17.4. The molecule has 0 aliphatic carbocycles. The first-order valence-corrected chi connectivity index (χ1v) is 12.4. The third-order valence-electron chi connectivity index (χ3n) is 7.11. The van der Waals surface area contributed by atoms with E-state index in [0.29, 0.717) is 57.4 Å². The fraction of sp³-hybridized carbons (Fsp3) is 0.481. The van der Waals surface area contributed by atoms with Crippen LogP contribution >= 0.6 is 0 Å². The summed E-state index contributed by atoms with van der Waals surface area (Å²) in [6.07, 6.45) is 2.56. The summed E-state index contributed by atoms with van der Waals surface area (Å²) in [6.45, 7) is 3.51. The number of fused-ring (bicyclic) bond motifs is 1. The summed E-state index contributed by atoms with van der Waals surface area (Å²) in [4.78, 5) is 55.1. The molecule has 9 nitrogen and oxygen atoms in total. The van der Waals surface area contributed by atoms with Gasteiger partial charge in [-0.15, -0.1) is 0 Å². The number of benzene rings is 1. The third-order valence-corrected chi connectivity index (χ3v) is 7.11. The summed E-state index contributed by atoms with van der Waals surface area (Å²) >= 11 is 0. The average molecular weight is 496 g/mol. The summed E-state index contributed by atoms with van der Waals surface area (Å²) < 4.78 is 11.9. The van der Waals surface area contributed by atoms with Crippen molar-refractivity contribution in [2.45, 2.75) is 51.6 Å². The molecule has 0 saturated carbocycles. The Balaban J connectivity index is 1.56. The number of pyridine rings is 1. The van der Waals surface area contributed by atoms with Gasteiger partial charge in [-0.25, -0.2) is 4.79 Å². The molecule has 2 aliphatic rings. The second-order valence-electron chi connectivity index (χ2n) is 9.32.